The lowest BCUT2D eigenvalue weighted by atomic mass is 10.0. The van der Waals surface area contributed by atoms with Crippen molar-refractivity contribution < 1.29 is 13.2 Å². The van der Waals surface area contributed by atoms with Crippen LogP contribution in [0.25, 0.3) is 10.9 Å². The molecular formula is C15H17F3N2. The normalized spacial score (nSPS) is 11.3. The first-order valence-corrected chi connectivity index (χ1v) is 6.65. The SMILES string of the molecule is CCNc1cc(CC(C)C)nc2cc(F)c(F)c(F)c12. The zero-order valence-corrected chi connectivity index (χ0v) is 11.7. The van der Waals surface area contributed by atoms with E-state index < -0.39 is 17.5 Å². The molecule has 0 atom stereocenters. The molecule has 0 radical (unpaired) electrons. The maximum atomic E-state index is 13.9. The number of aromatic nitrogens is 1. The summed E-state index contributed by atoms with van der Waals surface area (Å²) in [7, 11) is 0. The van der Waals surface area contributed by atoms with Crippen molar-refractivity contribution in [1.29, 1.82) is 0 Å². The summed E-state index contributed by atoms with van der Waals surface area (Å²) < 4.78 is 40.7. The van der Waals surface area contributed by atoms with Crippen LogP contribution in [0.15, 0.2) is 12.1 Å². The Morgan fingerprint density at radius 1 is 1.15 bits per heavy atom. The van der Waals surface area contributed by atoms with E-state index in [0.717, 1.165) is 11.8 Å². The molecule has 0 aliphatic carbocycles. The zero-order chi connectivity index (χ0) is 14.9. The molecule has 108 valence electrons. The highest BCUT2D eigenvalue weighted by atomic mass is 19.2. The van der Waals surface area contributed by atoms with Crippen LogP contribution in [0.4, 0.5) is 18.9 Å². The van der Waals surface area contributed by atoms with E-state index in [1.807, 2.05) is 20.8 Å². The fraction of sp³-hybridized carbons (Fsp3) is 0.400. The molecule has 0 amide bonds. The average molecular weight is 282 g/mol. The second kappa shape index (κ2) is 5.69. The molecule has 0 bridgehead atoms. The Hall–Kier alpha value is -1.78. The van der Waals surface area contributed by atoms with Gasteiger partial charge in [0.05, 0.1) is 10.9 Å². The average Bonchev–Trinajstić information content (AvgIpc) is 2.35. The van der Waals surface area contributed by atoms with Crippen molar-refractivity contribution in [2.24, 2.45) is 5.92 Å². The summed E-state index contributed by atoms with van der Waals surface area (Å²) >= 11 is 0. The van der Waals surface area contributed by atoms with Crippen LogP contribution in [0.2, 0.25) is 0 Å². The van der Waals surface area contributed by atoms with Gasteiger partial charge in [0.25, 0.3) is 0 Å². The number of halogens is 3. The van der Waals surface area contributed by atoms with Gasteiger partial charge < -0.3 is 5.32 Å². The minimum atomic E-state index is -1.46. The molecular weight excluding hydrogens is 265 g/mol. The van der Waals surface area contributed by atoms with Gasteiger partial charge >= 0.3 is 0 Å². The van der Waals surface area contributed by atoms with Gasteiger partial charge in [-0.2, -0.15) is 0 Å². The summed E-state index contributed by atoms with van der Waals surface area (Å²) in [4.78, 5) is 4.23. The van der Waals surface area contributed by atoms with Crippen molar-refractivity contribution in [2.45, 2.75) is 27.2 Å². The van der Waals surface area contributed by atoms with Crippen LogP contribution in [0.3, 0.4) is 0 Å². The quantitative estimate of drug-likeness (QED) is 0.846. The van der Waals surface area contributed by atoms with Gasteiger partial charge in [0.1, 0.15) is 0 Å². The van der Waals surface area contributed by atoms with Crippen molar-refractivity contribution in [1.82, 2.24) is 4.98 Å². The van der Waals surface area contributed by atoms with Gasteiger partial charge in [0.2, 0.25) is 0 Å². The number of benzene rings is 1. The molecule has 1 heterocycles. The predicted molar refractivity (Wildman–Crippen MR) is 74.3 cm³/mol. The molecule has 1 aromatic carbocycles. The second-order valence-corrected chi connectivity index (χ2v) is 5.17. The number of nitrogens with zero attached hydrogens (tertiary/aromatic N) is 1. The molecule has 2 aromatic rings. The van der Waals surface area contributed by atoms with Crippen LogP contribution >= 0.6 is 0 Å². The van der Waals surface area contributed by atoms with Crippen LogP contribution in [-0.2, 0) is 6.42 Å². The van der Waals surface area contributed by atoms with E-state index in [0.29, 0.717) is 24.6 Å². The first kappa shape index (κ1) is 14.6. The Morgan fingerprint density at radius 2 is 1.85 bits per heavy atom. The lowest BCUT2D eigenvalue weighted by Gasteiger charge is -2.13. The third-order valence-corrected chi connectivity index (χ3v) is 2.97. The molecule has 1 N–H and O–H groups in total. The Labute approximate surface area is 116 Å². The fourth-order valence-electron chi connectivity index (χ4n) is 2.21. The second-order valence-electron chi connectivity index (χ2n) is 5.17. The molecule has 1 aromatic heterocycles. The van der Waals surface area contributed by atoms with Gasteiger partial charge in [-0.3, -0.25) is 4.98 Å². The van der Waals surface area contributed by atoms with E-state index >= 15 is 0 Å². The first-order chi connectivity index (χ1) is 9.43. The van der Waals surface area contributed by atoms with Crippen LogP contribution in [0.1, 0.15) is 26.5 Å². The van der Waals surface area contributed by atoms with Crippen LogP contribution in [-0.4, -0.2) is 11.5 Å². The molecule has 0 fully saturated rings. The molecule has 0 saturated heterocycles. The van der Waals surface area contributed by atoms with Crippen molar-refractivity contribution >= 4 is 16.6 Å². The zero-order valence-electron chi connectivity index (χ0n) is 11.7. The maximum Gasteiger partial charge on any atom is 0.195 e. The van der Waals surface area contributed by atoms with E-state index in [9.17, 15) is 13.2 Å². The lowest BCUT2D eigenvalue weighted by molar-refractivity contribution is 0.453. The van der Waals surface area contributed by atoms with Crippen molar-refractivity contribution in [3.8, 4) is 0 Å². The van der Waals surface area contributed by atoms with Gasteiger partial charge in [0.15, 0.2) is 17.5 Å². The Bertz CT molecular complexity index is 639. The third-order valence-electron chi connectivity index (χ3n) is 2.97. The fourth-order valence-corrected chi connectivity index (χ4v) is 2.21. The van der Waals surface area contributed by atoms with E-state index in [2.05, 4.69) is 10.3 Å². The number of rotatable bonds is 4. The Morgan fingerprint density at radius 3 is 2.45 bits per heavy atom. The molecule has 2 rings (SSSR count). The van der Waals surface area contributed by atoms with Gasteiger partial charge in [0, 0.05) is 24.0 Å². The molecule has 0 aliphatic heterocycles. The Balaban J connectivity index is 2.71. The number of anilines is 1. The number of nitrogens with one attached hydrogen (secondary N) is 1. The largest absolute Gasteiger partial charge is 0.385 e. The van der Waals surface area contributed by atoms with Crippen molar-refractivity contribution in [3.05, 3.63) is 35.3 Å². The molecule has 0 spiro atoms. The number of fused-ring (bicyclic) bond motifs is 1. The van der Waals surface area contributed by atoms with Crippen LogP contribution in [0, 0.1) is 23.4 Å². The highest BCUT2D eigenvalue weighted by Gasteiger charge is 2.18. The third kappa shape index (κ3) is 2.71. The maximum absolute atomic E-state index is 13.9. The van der Waals surface area contributed by atoms with Crippen molar-refractivity contribution in [3.63, 3.8) is 0 Å². The minimum absolute atomic E-state index is 0.00161. The molecule has 0 unspecified atom stereocenters. The summed E-state index contributed by atoms with van der Waals surface area (Å²) in [6.45, 7) is 6.47. The summed E-state index contributed by atoms with van der Waals surface area (Å²) in [6, 6.07) is 2.64. The van der Waals surface area contributed by atoms with E-state index in [4.69, 9.17) is 0 Å². The summed E-state index contributed by atoms with van der Waals surface area (Å²) in [5.41, 5.74) is 1.31. The molecule has 20 heavy (non-hydrogen) atoms. The number of hydrogen-bond donors (Lipinski definition) is 1. The van der Waals surface area contributed by atoms with Gasteiger partial charge in [-0.1, -0.05) is 13.8 Å². The van der Waals surface area contributed by atoms with E-state index in [1.54, 1.807) is 6.07 Å². The molecule has 0 saturated carbocycles. The first-order valence-electron chi connectivity index (χ1n) is 6.65. The highest BCUT2D eigenvalue weighted by Crippen LogP contribution is 2.29. The molecule has 5 heteroatoms. The highest BCUT2D eigenvalue weighted by molar-refractivity contribution is 5.92. The topological polar surface area (TPSA) is 24.9 Å². The smallest absolute Gasteiger partial charge is 0.195 e. The molecule has 0 aliphatic rings. The van der Waals surface area contributed by atoms with Crippen LogP contribution in [0.5, 0.6) is 0 Å². The predicted octanol–water partition coefficient (Wildman–Crippen LogP) is 4.28. The summed E-state index contributed by atoms with van der Waals surface area (Å²) in [5, 5.41) is 2.98. The van der Waals surface area contributed by atoms with Crippen molar-refractivity contribution in [2.75, 3.05) is 11.9 Å². The van der Waals surface area contributed by atoms with Gasteiger partial charge in [-0.05, 0) is 25.3 Å². The lowest BCUT2D eigenvalue weighted by Crippen LogP contribution is -2.05. The molecule has 2 nitrogen and oxygen atoms in total. The monoisotopic (exact) mass is 282 g/mol. The van der Waals surface area contributed by atoms with E-state index in [-0.39, 0.29) is 10.9 Å². The summed E-state index contributed by atoms with van der Waals surface area (Å²) in [5.74, 6) is -3.51. The van der Waals surface area contributed by atoms with E-state index in [1.165, 1.54) is 0 Å². The van der Waals surface area contributed by atoms with Gasteiger partial charge in [-0.25, -0.2) is 13.2 Å². The Kier molecular flexibility index (Phi) is 4.16. The number of pyridine rings is 1. The minimum Gasteiger partial charge on any atom is -0.385 e. The number of hydrogen-bond acceptors (Lipinski definition) is 2. The summed E-state index contributed by atoms with van der Waals surface area (Å²) in [6.07, 6.45) is 0.689. The standard InChI is InChI=1S/C15H17F3N2/c1-4-19-11-6-9(5-8(2)3)20-12-7-10(16)14(17)15(18)13(11)12/h6-8H,4-5H2,1-3H3,(H,19,20). The van der Waals surface area contributed by atoms with Crippen LogP contribution < -0.4 is 5.32 Å². The van der Waals surface area contributed by atoms with Gasteiger partial charge in [-0.15, -0.1) is 0 Å².